The van der Waals surface area contributed by atoms with E-state index in [9.17, 15) is 4.39 Å². The molecule has 1 saturated carbocycles. The number of aromatic nitrogens is 2. The van der Waals surface area contributed by atoms with Crippen LogP contribution in [0.1, 0.15) is 43.1 Å². The van der Waals surface area contributed by atoms with Gasteiger partial charge in [-0.15, -0.1) is 24.8 Å². The maximum absolute atomic E-state index is 13.1. The summed E-state index contributed by atoms with van der Waals surface area (Å²) in [7, 11) is 1.66. The van der Waals surface area contributed by atoms with E-state index in [2.05, 4.69) is 26.3 Å². The van der Waals surface area contributed by atoms with Crippen molar-refractivity contribution in [2.75, 3.05) is 30.4 Å². The molecule has 0 amide bonds. The van der Waals surface area contributed by atoms with Crippen molar-refractivity contribution >= 4 is 36.3 Å². The van der Waals surface area contributed by atoms with Crippen molar-refractivity contribution in [3.05, 3.63) is 47.7 Å². The average Bonchev–Trinajstić information content (AvgIpc) is 2.67. The summed E-state index contributed by atoms with van der Waals surface area (Å²) in [6, 6.07) is 9.45. The number of nitrogens with zero attached hydrogens (tertiary/aromatic N) is 3. The third-order valence-electron chi connectivity index (χ3n) is 5.70. The lowest BCUT2D eigenvalue weighted by atomic mass is 9.78. The minimum absolute atomic E-state index is 0. The van der Waals surface area contributed by atoms with Gasteiger partial charge in [-0.2, -0.15) is 0 Å². The van der Waals surface area contributed by atoms with E-state index < -0.39 is 0 Å². The van der Waals surface area contributed by atoms with E-state index >= 15 is 0 Å². The van der Waals surface area contributed by atoms with Gasteiger partial charge in [0, 0.05) is 55.6 Å². The van der Waals surface area contributed by atoms with Crippen LogP contribution >= 0.6 is 24.8 Å². The first-order valence-electron chi connectivity index (χ1n) is 10.00. The first-order valence-corrected chi connectivity index (χ1v) is 10.00. The molecule has 1 aromatic heterocycles. The maximum Gasteiger partial charge on any atom is 0.156 e. The lowest BCUT2D eigenvalue weighted by molar-refractivity contribution is 0.177. The first kappa shape index (κ1) is 24.6. The Morgan fingerprint density at radius 2 is 1.80 bits per heavy atom. The molecule has 0 radical (unpaired) electrons. The fourth-order valence-corrected chi connectivity index (χ4v) is 4.04. The average molecular weight is 458 g/mol. The second-order valence-electron chi connectivity index (χ2n) is 7.84. The monoisotopic (exact) mass is 457 g/mol. The summed E-state index contributed by atoms with van der Waals surface area (Å²) in [5, 5.41) is 3.59. The number of hydrogen-bond acceptors (Lipinski definition) is 6. The van der Waals surface area contributed by atoms with Crippen molar-refractivity contribution < 1.29 is 9.13 Å². The molecule has 1 aliphatic heterocycles. The predicted molar refractivity (Wildman–Crippen MR) is 122 cm³/mol. The Kier molecular flexibility index (Phi) is 9.09. The zero-order chi connectivity index (χ0) is 19.5. The van der Waals surface area contributed by atoms with Gasteiger partial charge in [0.15, 0.2) is 5.82 Å². The van der Waals surface area contributed by atoms with E-state index in [1.165, 1.54) is 12.1 Å². The smallest absolute Gasteiger partial charge is 0.156 e. The summed E-state index contributed by atoms with van der Waals surface area (Å²) in [5.41, 5.74) is 8.09. The van der Waals surface area contributed by atoms with E-state index in [-0.39, 0.29) is 36.7 Å². The third-order valence-corrected chi connectivity index (χ3v) is 5.70. The minimum Gasteiger partial charge on any atom is -0.377 e. The van der Waals surface area contributed by atoms with Crippen LogP contribution in [-0.4, -0.2) is 42.3 Å². The van der Waals surface area contributed by atoms with Gasteiger partial charge in [0.2, 0.25) is 0 Å². The van der Waals surface area contributed by atoms with Gasteiger partial charge in [-0.25, -0.2) is 14.4 Å². The molecule has 1 aliphatic carbocycles. The standard InChI is InChI=1S/C21H28FN5O.2ClH/c1-28-13-21-25-19(14-10-16(23)11-14)12-20(26-21)24-17-6-8-27(9-7-17)18-4-2-15(22)3-5-18;;/h2-5,12,14,16-17H,6-11,13,23H2,1H3,(H,24,25,26);2*1H. The topological polar surface area (TPSA) is 76.3 Å². The summed E-state index contributed by atoms with van der Waals surface area (Å²) in [6.07, 6.45) is 3.98. The van der Waals surface area contributed by atoms with Gasteiger partial charge in [0.25, 0.3) is 0 Å². The Morgan fingerprint density at radius 1 is 1.13 bits per heavy atom. The summed E-state index contributed by atoms with van der Waals surface area (Å²) in [6.45, 7) is 2.28. The number of benzene rings is 1. The van der Waals surface area contributed by atoms with Crippen LogP contribution in [0.5, 0.6) is 0 Å². The van der Waals surface area contributed by atoms with E-state index in [4.69, 9.17) is 10.5 Å². The molecule has 9 heteroatoms. The Labute approximate surface area is 189 Å². The Balaban J connectivity index is 0.00000160. The van der Waals surface area contributed by atoms with Crippen LogP contribution in [0, 0.1) is 5.82 Å². The zero-order valence-corrected chi connectivity index (χ0v) is 18.7. The van der Waals surface area contributed by atoms with Crippen molar-refractivity contribution in [1.82, 2.24) is 9.97 Å². The van der Waals surface area contributed by atoms with E-state index in [0.717, 1.165) is 56.0 Å². The number of hydrogen-bond donors (Lipinski definition) is 2. The summed E-state index contributed by atoms with van der Waals surface area (Å²) < 4.78 is 18.4. The second-order valence-corrected chi connectivity index (χ2v) is 7.84. The van der Waals surface area contributed by atoms with Gasteiger partial charge in [-0.05, 0) is 49.9 Å². The lowest BCUT2D eigenvalue weighted by Gasteiger charge is -2.35. The Bertz CT molecular complexity index is 796. The first-order chi connectivity index (χ1) is 13.6. The fourth-order valence-electron chi connectivity index (χ4n) is 4.04. The normalized spacial score (nSPS) is 21.2. The van der Waals surface area contributed by atoms with Crippen LogP contribution in [0.25, 0.3) is 0 Å². The van der Waals surface area contributed by atoms with Gasteiger partial charge in [-0.1, -0.05) is 0 Å². The van der Waals surface area contributed by atoms with Crippen LogP contribution in [0.15, 0.2) is 30.3 Å². The highest BCUT2D eigenvalue weighted by atomic mass is 35.5. The van der Waals surface area contributed by atoms with Crippen LogP contribution in [0.4, 0.5) is 15.9 Å². The SMILES string of the molecule is COCc1nc(NC2CCN(c3ccc(F)cc3)CC2)cc(C2CC(N)C2)n1.Cl.Cl. The molecule has 4 rings (SSSR count). The molecular formula is C21H30Cl2FN5O. The number of halogens is 3. The van der Waals surface area contributed by atoms with Crippen molar-refractivity contribution in [3.63, 3.8) is 0 Å². The third kappa shape index (κ3) is 5.94. The molecule has 2 aliphatic rings. The predicted octanol–water partition coefficient (Wildman–Crippen LogP) is 3.89. The highest BCUT2D eigenvalue weighted by Crippen LogP contribution is 2.35. The van der Waals surface area contributed by atoms with E-state index in [0.29, 0.717) is 24.4 Å². The van der Waals surface area contributed by atoms with Gasteiger partial charge in [0.05, 0.1) is 0 Å². The molecular weight excluding hydrogens is 428 g/mol. The molecule has 2 fully saturated rings. The van der Waals surface area contributed by atoms with Crippen molar-refractivity contribution in [1.29, 1.82) is 0 Å². The van der Waals surface area contributed by atoms with Crippen LogP contribution in [0.3, 0.4) is 0 Å². The number of piperidine rings is 1. The highest BCUT2D eigenvalue weighted by molar-refractivity contribution is 5.85. The minimum atomic E-state index is -0.195. The maximum atomic E-state index is 13.1. The Hall–Kier alpha value is -1.67. The van der Waals surface area contributed by atoms with E-state index in [1.54, 1.807) is 7.11 Å². The summed E-state index contributed by atoms with van der Waals surface area (Å²) in [5.74, 6) is 1.82. The number of nitrogens with two attached hydrogens (primary N) is 1. The molecule has 30 heavy (non-hydrogen) atoms. The molecule has 2 heterocycles. The molecule has 166 valence electrons. The Morgan fingerprint density at radius 3 is 2.40 bits per heavy atom. The largest absolute Gasteiger partial charge is 0.377 e. The van der Waals surface area contributed by atoms with Gasteiger partial charge in [-0.3, -0.25) is 0 Å². The number of nitrogens with one attached hydrogen (secondary N) is 1. The van der Waals surface area contributed by atoms with Crippen LogP contribution in [-0.2, 0) is 11.3 Å². The highest BCUT2D eigenvalue weighted by Gasteiger charge is 2.29. The van der Waals surface area contributed by atoms with E-state index in [1.807, 2.05) is 12.1 Å². The second kappa shape index (κ2) is 11.1. The zero-order valence-electron chi connectivity index (χ0n) is 17.1. The van der Waals surface area contributed by atoms with Gasteiger partial charge >= 0.3 is 0 Å². The number of anilines is 2. The molecule has 0 bridgehead atoms. The lowest BCUT2D eigenvalue weighted by Crippen LogP contribution is -2.39. The fraction of sp³-hybridized carbons (Fsp3) is 0.524. The molecule has 0 atom stereocenters. The molecule has 6 nitrogen and oxygen atoms in total. The number of ether oxygens (including phenoxy) is 1. The molecule has 0 unspecified atom stereocenters. The van der Waals surface area contributed by atoms with Crippen LogP contribution < -0.4 is 16.0 Å². The van der Waals surface area contributed by atoms with Crippen LogP contribution in [0.2, 0.25) is 0 Å². The van der Waals surface area contributed by atoms with Gasteiger partial charge < -0.3 is 20.7 Å². The number of methoxy groups -OCH3 is 1. The van der Waals surface area contributed by atoms with Crippen molar-refractivity contribution in [2.45, 2.75) is 50.3 Å². The van der Waals surface area contributed by atoms with Gasteiger partial charge in [0.1, 0.15) is 18.2 Å². The molecule has 1 aromatic carbocycles. The summed E-state index contributed by atoms with van der Waals surface area (Å²) in [4.78, 5) is 11.6. The molecule has 1 saturated heterocycles. The molecule has 0 spiro atoms. The number of rotatable bonds is 6. The van der Waals surface area contributed by atoms with Crippen molar-refractivity contribution in [3.8, 4) is 0 Å². The molecule has 2 aromatic rings. The quantitative estimate of drug-likeness (QED) is 0.684. The van der Waals surface area contributed by atoms with Crippen molar-refractivity contribution in [2.24, 2.45) is 5.73 Å². The summed E-state index contributed by atoms with van der Waals surface area (Å²) >= 11 is 0. The molecule has 3 N–H and O–H groups in total.